The van der Waals surface area contributed by atoms with Crippen LogP contribution in [0, 0.1) is 10.1 Å². The molecule has 3 heterocycles. The smallest absolute Gasteiger partial charge is 0.457 e. The van der Waals surface area contributed by atoms with Gasteiger partial charge in [0.15, 0.2) is 0 Å². The van der Waals surface area contributed by atoms with Crippen molar-refractivity contribution in [1.29, 1.82) is 0 Å². The lowest BCUT2D eigenvalue weighted by atomic mass is 10.1. The first kappa shape index (κ1) is 29.3. The first-order valence-electron chi connectivity index (χ1n) is 12.7. The van der Waals surface area contributed by atoms with Gasteiger partial charge in [-0.2, -0.15) is 4.98 Å². The molecule has 0 aliphatic carbocycles. The largest absolute Gasteiger partial charge is 0.459 e. The fraction of sp³-hybridized carbons (Fsp3) is 0.269. The van der Waals surface area contributed by atoms with Crippen molar-refractivity contribution < 1.29 is 32.5 Å². The van der Waals surface area contributed by atoms with Crippen LogP contribution in [0.2, 0.25) is 0 Å². The van der Waals surface area contributed by atoms with E-state index < -0.39 is 36.8 Å². The minimum absolute atomic E-state index is 0.00152. The molecule has 4 aromatic rings. The van der Waals surface area contributed by atoms with Crippen LogP contribution in [-0.4, -0.2) is 38.8 Å². The highest BCUT2D eigenvalue weighted by molar-refractivity contribution is 8.00. The molecule has 3 atom stereocenters. The molecule has 1 aliphatic heterocycles. The summed E-state index contributed by atoms with van der Waals surface area (Å²) in [6.45, 7) is -0.903. The van der Waals surface area contributed by atoms with Crippen LogP contribution < -0.4 is 21.0 Å². The number of ether oxygens (including phenoxy) is 1. The van der Waals surface area contributed by atoms with Crippen molar-refractivity contribution in [3.63, 3.8) is 0 Å². The first-order chi connectivity index (χ1) is 20.2. The van der Waals surface area contributed by atoms with Crippen LogP contribution in [-0.2, 0) is 25.2 Å². The summed E-state index contributed by atoms with van der Waals surface area (Å²) in [5.74, 6) is -0.794. The quantitative estimate of drug-likeness (QED) is 0.0987. The molecule has 1 saturated heterocycles. The number of carbonyl (C=O) groups is 1. The van der Waals surface area contributed by atoms with E-state index in [9.17, 15) is 24.3 Å². The highest BCUT2D eigenvalue weighted by atomic mass is 32.2. The summed E-state index contributed by atoms with van der Waals surface area (Å²) in [7, 11) is -4.14. The predicted molar refractivity (Wildman–Crippen MR) is 154 cm³/mol. The molecule has 42 heavy (non-hydrogen) atoms. The summed E-state index contributed by atoms with van der Waals surface area (Å²) in [6.07, 6.45) is 2.91. The SMILES string of the molecule is Nc1ccn([C@H]2CCC(COP(=O)(NCC(=O)OCc3ccc([N+](=O)[O-])o3)Oc3cccc4ccccc34)S2)c(=O)n1. The summed E-state index contributed by atoms with van der Waals surface area (Å²) in [4.78, 5) is 38.5. The maximum absolute atomic E-state index is 13.9. The van der Waals surface area contributed by atoms with Gasteiger partial charge in [0.25, 0.3) is 0 Å². The van der Waals surface area contributed by atoms with Crippen LogP contribution in [0.15, 0.2) is 76.1 Å². The maximum Gasteiger partial charge on any atom is 0.459 e. The number of furan rings is 1. The number of nitrogens with one attached hydrogen (secondary N) is 1. The van der Waals surface area contributed by atoms with Crippen molar-refractivity contribution in [2.75, 3.05) is 18.9 Å². The van der Waals surface area contributed by atoms with E-state index in [1.807, 2.05) is 30.3 Å². The highest BCUT2D eigenvalue weighted by Gasteiger charge is 2.33. The Balaban J connectivity index is 1.25. The molecule has 220 valence electrons. The van der Waals surface area contributed by atoms with Crippen molar-refractivity contribution in [1.82, 2.24) is 14.6 Å². The Morgan fingerprint density at radius 1 is 1.19 bits per heavy atom. The number of anilines is 1. The number of esters is 1. The number of nitrogen functional groups attached to an aromatic ring is 1. The zero-order chi connectivity index (χ0) is 29.7. The second-order valence-electron chi connectivity index (χ2n) is 9.19. The molecule has 14 nitrogen and oxygen atoms in total. The molecule has 0 radical (unpaired) electrons. The standard InChI is InChI=1S/C26H26N5O9PS/c27-22-12-13-30(26(33)29-22)24-11-9-19(42-24)16-38-41(36,40-21-7-3-5-17-4-1-2-6-20(17)21)28-14-25(32)37-15-18-8-10-23(39-18)31(34)35/h1-8,10,12-13,19,24H,9,11,14-16H2,(H,28,36)(H2,27,29,33)/t19?,24-,41?/m1/s1. The average Bonchev–Trinajstić information content (AvgIpc) is 3.65. The molecule has 1 fully saturated rings. The summed E-state index contributed by atoms with van der Waals surface area (Å²) in [5, 5.41) is 14.6. The minimum Gasteiger partial charge on any atom is -0.457 e. The number of benzene rings is 2. The number of thioether (sulfide) groups is 1. The monoisotopic (exact) mass is 615 g/mol. The van der Waals surface area contributed by atoms with Crippen molar-refractivity contribution in [2.24, 2.45) is 0 Å². The first-order valence-corrected chi connectivity index (χ1v) is 15.2. The lowest BCUT2D eigenvalue weighted by molar-refractivity contribution is -0.402. The van der Waals surface area contributed by atoms with Crippen molar-refractivity contribution in [3.8, 4) is 5.75 Å². The predicted octanol–water partition coefficient (Wildman–Crippen LogP) is 4.41. The number of nitrogens with zero attached hydrogens (tertiary/aromatic N) is 3. The van der Waals surface area contributed by atoms with Gasteiger partial charge in [0.2, 0.25) is 0 Å². The summed E-state index contributed by atoms with van der Waals surface area (Å²) in [6, 6.07) is 16.6. The number of aromatic nitrogens is 2. The van der Waals surface area contributed by atoms with E-state index in [-0.39, 0.29) is 41.2 Å². The molecule has 16 heteroatoms. The third-order valence-corrected chi connectivity index (χ3v) is 9.27. The average molecular weight is 616 g/mol. The Kier molecular flexibility index (Phi) is 8.92. The normalized spacial score (nSPS) is 18.0. The Morgan fingerprint density at radius 2 is 2.00 bits per heavy atom. The molecular formula is C26H26N5O9PS. The number of fused-ring (bicyclic) bond motifs is 1. The minimum atomic E-state index is -4.14. The van der Waals surface area contributed by atoms with Crippen LogP contribution in [0.1, 0.15) is 24.0 Å². The second-order valence-corrected chi connectivity index (χ2v) is 12.4. The third kappa shape index (κ3) is 7.18. The van der Waals surface area contributed by atoms with Gasteiger partial charge in [-0.15, -0.1) is 11.8 Å². The van der Waals surface area contributed by atoms with E-state index in [2.05, 4.69) is 10.1 Å². The topological polar surface area (TPSA) is 191 Å². The van der Waals surface area contributed by atoms with Gasteiger partial charge in [0.1, 0.15) is 35.4 Å². The number of nitro groups is 1. The molecule has 0 saturated carbocycles. The van der Waals surface area contributed by atoms with Crippen molar-refractivity contribution in [3.05, 3.63) is 93.2 Å². The number of hydrogen-bond acceptors (Lipinski definition) is 12. The maximum atomic E-state index is 13.9. The zero-order valence-corrected chi connectivity index (χ0v) is 23.7. The van der Waals surface area contributed by atoms with Gasteiger partial charge in [-0.25, -0.2) is 14.4 Å². The van der Waals surface area contributed by atoms with E-state index >= 15 is 0 Å². The van der Waals surface area contributed by atoms with Gasteiger partial charge in [-0.3, -0.25) is 24.0 Å². The van der Waals surface area contributed by atoms with Crippen LogP contribution in [0.25, 0.3) is 10.8 Å². The Labute approximate surface area is 242 Å². The molecule has 2 aromatic carbocycles. The lowest BCUT2D eigenvalue weighted by Gasteiger charge is -2.22. The lowest BCUT2D eigenvalue weighted by Crippen LogP contribution is -2.26. The van der Waals surface area contributed by atoms with Gasteiger partial charge in [-0.1, -0.05) is 36.4 Å². The molecule has 2 unspecified atom stereocenters. The van der Waals surface area contributed by atoms with Gasteiger partial charge in [0.05, 0.1) is 18.0 Å². The third-order valence-electron chi connectivity index (χ3n) is 6.27. The Morgan fingerprint density at radius 3 is 2.79 bits per heavy atom. The van der Waals surface area contributed by atoms with E-state index in [1.54, 1.807) is 24.4 Å². The number of hydrogen-bond donors (Lipinski definition) is 2. The highest BCUT2D eigenvalue weighted by Crippen LogP contribution is 2.48. The van der Waals surface area contributed by atoms with E-state index in [1.165, 1.54) is 22.4 Å². The fourth-order valence-electron chi connectivity index (χ4n) is 4.26. The Bertz CT molecular complexity index is 1710. The molecule has 3 N–H and O–H groups in total. The number of carbonyl (C=O) groups excluding carboxylic acids is 1. The van der Waals surface area contributed by atoms with Crippen molar-refractivity contribution in [2.45, 2.75) is 30.1 Å². The van der Waals surface area contributed by atoms with Crippen LogP contribution in [0.3, 0.4) is 0 Å². The fourth-order valence-corrected chi connectivity index (χ4v) is 7.11. The second kappa shape index (κ2) is 12.8. The van der Waals surface area contributed by atoms with Gasteiger partial charge < -0.3 is 19.4 Å². The molecule has 0 amide bonds. The summed E-state index contributed by atoms with van der Waals surface area (Å²) in [5.41, 5.74) is 5.14. The van der Waals surface area contributed by atoms with Crippen LogP contribution >= 0.6 is 19.5 Å². The van der Waals surface area contributed by atoms with Crippen LogP contribution in [0.4, 0.5) is 11.7 Å². The molecule has 1 aliphatic rings. The van der Waals surface area contributed by atoms with E-state index in [4.69, 9.17) is 23.9 Å². The zero-order valence-electron chi connectivity index (χ0n) is 22.0. The van der Waals surface area contributed by atoms with Crippen molar-refractivity contribution >= 4 is 48.0 Å². The summed E-state index contributed by atoms with van der Waals surface area (Å²) >= 11 is 1.47. The van der Waals surface area contributed by atoms with E-state index in [0.717, 1.165) is 11.5 Å². The molecular weight excluding hydrogens is 589 g/mol. The van der Waals surface area contributed by atoms with E-state index in [0.29, 0.717) is 18.2 Å². The van der Waals surface area contributed by atoms with Gasteiger partial charge >= 0.3 is 25.3 Å². The summed E-state index contributed by atoms with van der Waals surface area (Å²) < 4.78 is 37.2. The molecule has 0 spiro atoms. The number of rotatable bonds is 12. The number of nitrogens with two attached hydrogens (primary N) is 1. The molecule has 0 bridgehead atoms. The van der Waals surface area contributed by atoms with Gasteiger partial charge in [0, 0.05) is 16.8 Å². The molecule has 2 aromatic heterocycles. The molecule has 5 rings (SSSR count). The van der Waals surface area contributed by atoms with Gasteiger partial charge in [-0.05, 0) is 36.4 Å². The van der Waals surface area contributed by atoms with Crippen LogP contribution in [0.5, 0.6) is 5.75 Å². The Hall–Kier alpha value is -4.17.